The summed E-state index contributed by atoms with van der Waals surface area (Å²) in [5.74, 6) is 0. The lowest BCUT2D eigenvalue weighted by molar-refractivity contribution is 0.270. The van der Waals surface area contributed by atoms with Crippen molar-refractivity contribution < 1.29 is 0 Å². The van der Waals surface area contributed by atoms with Crippen LogP contribution in [0.25, 0.3) is 0 Å². The van der Waals surface area contributed by atoms with Crippen molar-refractivity contribution in [1.29, 1.82) is 0 Å². The van der Waals surface area contributed by atoms with E-state index in [1.807, 2.05) is 17.5 Å². The van der Waals surface area contributed by atoms with Crippen LogP contribution in [0, 0.1) is 0 Å². The lowest BCUT2D eigenvalue weighted by atomic mass is 10.2. The van der Waals surface area contributed by atoms with E-state index in [-0.39, 0.29) is 0 Å². The zero-order valence-electron chi connectivity index (χ0n) is 12.6. The number of aromatic nitrogens is 1. The van der Waals surface area contributed by atoms with E-state index in [0.29, 0.717) is 0 Å². The van der Waals surface area contributed by atoms with Crippen LogP contribution in [0.15, 0.2) is 35.8 Å². The van der Waals surface area contributed by atoms with Gasteiger partial charge >= 0.3 is 0 Å². The summed E-state index contributed by atoms with van der Waals surface area (Å²) in [6.45, 7) is 6.14. The fourth-order valence-corrected chi connectivity index (χ4v) is 3.08. The molecular weight excluding hydrogens is 278 g/mol. The van der Waals surface area contributed by atoms with Crippen molar-refractivity contribution in [3.63, 3.8) is 0 Å². The van der Waals surface area contributed by atoms with E-state index in [0.717, 1.165) is 37.9 Å². The van der Waals surface area contributed by atoms with Gasteiger partial charge in [-0.3, -0.25) is 9.88 Å². The zero-order chi connectivity index (χ0) is 14.5. The molecule has 1 aliphatic rings. The average molecular weight is 301 g/mol. The van der Waals surface area contributed by atoms with E-state index in [1.54, 1.807) is 0 Å². The van der Waals surface area contributed by atoms with E-state index < -0.39 is 0 Å². The molecule has 0 bridgehead atoms. The first-order valence-electron chi connectivity index (χ1n) is 7.75. The van der Waals surface area contributed by atoms with Crippen molar-refractivity contribution in [2.24, 2.45) is 0 Å². The minimum atomic E-state index is 0.756. The van der Waals surface area contributed by atoms with Gasteiger partial charge in [-0.15, -0.1) is 11.3 Å². The SMILES string of the molecule is CCN(Cc1ccc(CNC2CC2)cn1)Cc1cccs1. The lowest BCUT2D eigenvalue weighted by Gasteiger charge is -2.19. The van der Waals surface area contributed by atoms with Gasteiger partial charge in [0.1, 0.15) is 0 Å². The molecule has 4 heteroatoms. The lowest BCUT2D eigenvalue weighted by Crippen LogP contribution is -2.22. The van der Waals surface area contributed by atoms with E-state index in [4.69, 9.17) is 0 Å². The Labute approximate surface area is 131 Å². The minimum Gasteiger partial charge on any atom is -0.310 e. The first kappa shape index (κ1) is 14.7. The molecule has 112 valence electrons. The van der Waals surface area contributed by atoms with Crippen molar-refractivity contribution in [1.82, 2.24) is 15.2 Å². The summed E-state index contributed by atoms with van der Waals surface area (Å²) in [5.41, 5.74) is 2.44. The first-order valence-corrected chi connectivity index (χ1v) is 8.63. The molecule has 0 aromatic carbocycles. The third kappa shape index (κ3) is 4.63. The summed E-state index contributed by atoms with van der Waals surface area (Å²) >= 11 is 1.82. The second-order valence-electron chi connectivity index (χ2n) is 5.70. The second-order valence-corrected chi connectivity index (χ2v) is 6.73. The van der Waals surface area contributed by atoms with Gasteiger partial charge in [0, 0.05) is 36.8 Å². The van der Waals surface area contributed by atoms with E-state index in [9.17, 15) is 0 Å². The molecule has 0 saturated heterocycles. The molecule has 1 aliphatic carbocycles. The first-order chi connectivity index (χ1) is 10.3. The molecule has 1 fully saturated rings. The molecule has 1 saturated carbocycles. The van der Waals surface area contributed by atoms with Crippen LogP contribution in [0.2, 0.25) is 0 Å². The highest BCUT2D eigenvalue weighted by atomic mass is 32.1. The van der Waals surface area contributed by atoms with Crippen LogP contribution in [0.1, 0.15) is 35.9 Å². The summed E-state index contributed by atoms with van der Waals surface area (Å²) in [5, 5.41) is 5.67. The van der Waals surface area contributed by atoms with Crippen LogP contribution in [-0.4, -0.2) is 22.5 Å². The highest BCUT2D eigenvalue weighted by Crippen LogP contribution is 2.19. The maximum absolute atomic E-state index is 4.62. The largest absolute Gasteiger partial charge is 0.310 e. The Bertz CT molecular complexity index is 532. The van der Waals surface area contributed by atoms with Gasteiger partial charge < -0.3 is 5.32 Å². The van der Waals surface area contributed by atoms with Crippen LogP contribution < -0.4 is 5.32 Å². The Hall–Kier alpha value is -1.23. The molecule has 0 radical (unpaired) electrons. The van der Waals surface area contributed by atoms with Crippen molar-refractivity contribution in [2.75, 3.05) is 6.54 Å². The quantitative estimate of drug-likeness (QED) is 0.810. The molecule has 0 amide bonds. The van der Waals surface area contributed by atoms with Crippen LogP contribution >= 0.6 is 11.3 Å². The summed E-state index contributed by atoms with van der Waals surface area (Å²) in [6.07, 6.45) is 4.68. The van der Waals surface area contributed by atoms with Gasteiger partial charge in [0.2, 0.25) is 0 Å². The Morgan fingerprint density at radius 2 is 2.19 bits per heavy atom. The topological polar surface area (TPSA) is 28.2 Å². The summed E-state index contributed by atoms with van der Waals surface area (Å²) in [4.78, 5) is 8.46. The van der Waals surface area contributed by atoms with Gasteiger partial charge in [0.05, 0.1) is 5.69 Å². The van der Waals surface area contributed by atoms with E-state index in [1.165, 1.54) is 23.3 Å². The Kier molecular flexibility index (Phi) is 5.01. The molecule has 3 rings (SSSR count). The molecule has 0 spiro atoms. The standard InChI is InChI=1S/C17H23N3S/c1-2-20(13-17-4-3-9-21-17)12-16-6-5-14(11-19-16)10-18-15-7-8-15/h3-6,9,11,15,18H,2,7-8,10,12-13H2,1H3. The Morgan fingerprint density at radius 3 is 2.81 bits per heavy atom. The Morgan fingerprint density at radius 1 is 1.29 bits per heavy atom. The number of hydrogen-bond donors (Lipinski definition) is 1. The molecule has 3 nitrogen and oxygen atoms in total. The van der Waals surface area contributed by atoms with Gasteiger partial charge in [0.25, 0.3) is 0 Å². The number of nitrogens with zero attached hydrogens (tertiary/aromatic N) is 2. The molecule has 1 N–H and O–H groups in total. The van der Waals surface area contributed by atoms with Crippen molar-refractivity contribution >= 4 is 11.3 Å². The van der Waals surface area contributed by atoms with Gasteiger partial charge in [-0.2, -0.15) is 0 Å². The zero-order valence-corrected chi connectivity index (χ0v) is 13.4. The smallest absolute Gasteiger partial charge is 0.0544 e. The number of nitrogens with one attached hydrogen (secondary N) is 1. The highest BCUT2D eigenvalue weighted by Gasteiger charge is 2.19. The fraction of sp³-hybridized carbons (Fsp3) is 0.471. The van der Waals surface area contributed by atoms with Crippen LogP contribution in [-0.2, 0) is 19.6 Å². The summed E-state index contributed by atoms with van der Waals surface area (Å²) in [6, 6.07) is 9.45. The highest BCUT2D eigenvalue weighted by molar-refractivity contribution is 7.09. The fourth-order valence-electron chi connectivity index (χ4n) is 2.33. The van der Waals surface area contributed by atoms with E-state index >= 15 is 0 Å². The number of rotatable bonds is 8. The van der Waals surface area contributed by atoms with Gasteiger partial charge in [-0.1, -0.05) is 19.1 Å². The van der Waals surface area contributed by atoms with Gasteiger partial charge in [-0.05, 0) is 42.5 Å². The van der Waals surface area contributed by atoms with E-state index in [2.05, 4.69) is 51.8 Å². The minimum absolute atomic E-state index is 0.756. The molecule has 2 aromatic heterocycles. The maximum atomic E-state index is 4.62. The molecular formula is C17H23N3S. The average Bonchev–Trinajstić information content (AvgIpc) is 3.21. The van der Waals surface area contributed by atoms with Crippen molar-refractivity contribution in [3.05, 3.63) is 52.0 Å². The normalized spacial score (nSPS) is 14.8. The maximum Gasteiger partial charge on any atom is 0.0544 e. The molecule has 21 heavy (non-hydrogen) atoms. The third-order valence-corrected chi connectivity index (χ3v) is 4.71. The number of hydrogen-bond acceptors (Lipinski definition) is 4. The summed E-state index contributed by atoms with van der Waals surface area (Å²) in [7, 11) is 0. The summed E-state index contributed by atoms with van der Waals surface area (Å²) < 4.78 is 0. The van der Waals surface area contributed by atoms with Gasteiger partial charge in [-0.25, -0.2) is 0 Å². The molecule has 2 aromatic rings. The predicted octanol–water partition coefficient (Wildman–Crippen LogP) is 3.42. The molecule has 2 heterocycles. The van der Waals surface area contributed by atoms with Gasteiger partial charge in [0.15, 0.2) is 0 Å². The van der Waals surface area contributed by atoms with Crippen LogP contribution in [0.3, 0.4) is 0 Å². The Balaban J connectivity index is 1.52. The molecule has 0 aliphatic heterocycles. The van der Waals surface area contributed by atoms with Crippen molar-refractivity contribution in [2.45, 2.75) is 45.4 Å². The van der Waals surface area contributed by atoms with Crippen LogP contribution in [0.4, 0.5) is 0 Å². The second kappa shape index (κ2) is 7.16. The molecule has 0 atom stereocenters. The molecule has 0 unspecified atom stereocenters. The van der Waals surface area contributed by atoms with Crippen LogP contribution in [0.5, 0.6) is 0 Å². The third-order valence-electron chi connectivity index (χ3n) is 3.85. The monoisotopic (exact) mass is 301 g/mol. The number of thiophene rings is 1. The number of pyridine rings is 1. The predicted molar refractivity (Wildman–Crippen MR) is 88.2 cm³/mol. The van der Waals surface area contributed by atoms with Crippen molar-refractivity contribution in [3.8, 4) is 0 Å².